The number of carbonyl (C=O) groups is 1. The van der Waals surface area contributed by atoms with Crippen molar-refractivity contribution < 1.29 is 9.53 Å². The minimum atomic E-state index is -0.0380. The standard InChI is InChI=1S/C17H16BrClO2/c1-10-6-11(2)17(12(3)7-10)15(20)9-21-16-5-4-13(18)8-14(16)19/h4-8H,9H2,1-3H3. The van der Waals surface area contributed by atoms with Crippen LogP contribution >= 0.6 is 27.5 Å². The molecule has 0 aromatic heterocycles. The van der Waals surface area contributed by atoms with Crippen LogP contribution in [0.4, 0.5) is 0 Å². The van der Waals surface area contributed by atoms with Crippen molar-refractivity contribution in [2.75, 3.05) is 6.61 Å². The Hall–Kier alpha value is -1.32. The Balaban J connectivity index is 2.16. The lowest BCUT2D eigenvalue weighted by atomic mass is 9.97. The molecule has 0 amide bonds. The van der Waals surface area contributed by atoms with Crippen molar-refractivity contribution in [1.82, 2.24) is 0 Å². The summed E-state index contributed by atoms with van der Waals surface area (Å²) in [6, 6.07) is 9.33. The van der Waals surface area contributed by atoms with E-state index in [4.69, 9.17) is 16.3 Å². The zero-order chi connectivity index (χ0) is 15.6. The summed E-state index contributed by atoms with van der Waals surface area (Å²) in [5, 5.41) is 0.481. The maximum Gasteiger partial charge on any atom is 0.200 e. The molecule has 0 saturated carbocycles. The van der Waals surface area contributed by atoms with Gasteiger partial charge in [0.2, 0.25) is 5.78 Å². The number of carbonyl (C=O) groups excluding carboxylic acids is 1. The zero-order valence-electron chi connectivity index (χ0n) is 12.2. The Morgan fingerprint density at radius 2 is 1.76 bits per heavy atom. The van der Waals surface area contributed by atoms with Crippen LogP contribution in [0.2, 0.25) is 5.02 Å². The van der Waals surface area contributed by atoms with Crippen LogP contribution in [-0.4, -0.2) is 12.4 Å². The van der Waals surface area contributed by atoms with Crippen LogP contribution in [0, 0.1) is 20.8 Å². The molecule has 0 fully saturated rings. The van der Waals surface area contributed by atoms with Gasteiger partial charge in [-0.2, -0.15) is 0 Å². The highest BCUT2D eigenvalue weighted by molar-refractivity contribution is 9.10. The first-order valence-corrected chi connectivity index (χ1v) is 7.74. The van der Waals surface area contributed by atoms with Crippen LogP contribution in [0.25, 0.3) is 0 Å². The van der Waals surface area contributed by atoms with E-state index in [1.165, 1.54) is 0 Å². The average molecular weight is 368 g/mol. The quantitative estimate of drug-likeness (QED) is 0.686. The summed E-state index contributed by atoms with van der Waals surface area (Å²) in [7, 11) is 0. The molecule has 0 aliphatic rings. The predicted octanol–water partition coefficient (Wildman–Crippen LogP) is 5.29. The van der Waals surface area contributed by atoms with Crippen LogP contribution in [0.15, 0.2) is 34.8 Å². The molecule has 0 heterocycles. The highest BCUT2D eigenvalue weighted by Crippen LogP contribution is 2.28. The maximum absolute atomic E-state index is 12.4. The number of halogens is 2. The Morgan fingerprint density at radius 3 is 2.33 bits per heavy atom. The van der Waals surface area contributed by atoms with Crippen LogP contribution in [0.3, 0.4) is 0 Å². The highest BCUT2D eigenvalue weighted by Gasteiger charge is 2.14. The SMILES string of the molecule is Cc1cc(C)c(C(=O)COc2ccc(Br)cc2Cl)c(C)c1. The molecule has 0 spiro atoms. The molecule has 0 unspecified atom stereocenters. The molecule has 4 heteroatoms. The highest BCUT2D eigenvalue weighted by atomic mass is 79.9. The summed E-state index contributed by atoms with van der Waals surface area (Å²) in [5.41, 5.74) is 3.83. The molecular formula is C17H16BrClO2. The Kier molecular flexibility index (Phi) is 5.07. The van der Waals surface area contributed by atoms with Crippen LogP contribution in [0.5, 0.6) is 5.75 Å². The van der Waals surface area contributed by atoms with Gasteiger partial charge >= 0.3 is 0 Å². The van der Waals surface area contributed by atoms with Crippen molar-refractivity contribution in [3.05, 3.63) is 62.1 Å². The van der Waals surface area contributed by atoms with Gasteiger partial charge in [0.1, 0.15) is 5.75 Å². The van der Waals surface area contributed by atoms with Crippen LogP contribution in [-0.2, 0) is 0 Å². The van der Waals surface area contributed by atoms with Crippen molar-refractivity contribution in [3.8, 4) is 5.75 Å². The zero-order valence-corrected chi connectivity index (χ0v) is 14.5. The molecule has 21 heavy (non-hydrogen) atoms. The monoisotopic (exact) mass is 366 g/mol. The second-order valence-corrected chi connectivity index (χ2v) is 6.38. The van der Waals surface area contributed by atoms with Crippen molar-refractivity contribution in [2.45, 2.75) is 20.8 Å². The van der Waals surface area contributed by atoms with Gasteiger partial charge in [-0.15, -0.1) is 0 Å². The van der Waals surface area contributed by atoms with E-state index in [-0.39, 0.29) is 12.4 Å². The third-order valence-electron chi connectivity index (χ3n) is 3.21. The van der Waals surface area contributed by atoms with Crippen molar-refractivity contribution >= 4 is 33.3 Å². The third-order valence-corrected chi connectivity index (χ3v) is 4.00. The van der Waals surface area contributed by atoms with Gasteiger partial charge in [0, 0.05) is 10.0 Å². The molecule has 0 radical (unpaired) electrons. The van der Waals surface area contributed by atoms with Gasteiger partial charge in [-0.1, -0.05) is 45.2 Å². The first-order valence-electron chi connectivity index (χ1n) is 6.57. The van der Waals surface area contributed by atoms with Gasteiger partial charge in [-0.05, 0) is 50.1 Å². The van der Waals surface area contributed by atoms with Gasteiger partial charge < -0.3 is 4.74 Å². The van der Waals surface area contributed by atoms with E-state index >= 15 is 0 Å². The van der Waals surface area contributed by atoms with E-state index in [9.17, 15) is 4.79 Å². The third kappa shape index (κ3) is 3.86. The van der Waals surface area contributed by atoms with Crippen molar-refractivity contribution in [3.63, 3.8) is 0 Å². The van der Waals surface area contributed by atoms with Gasteiger partial charge in [0.15, 0.2) is 6.61 Å². The molecule has 0 atom stereocenters. The second kappa shape index (κ2) is 6.63. The molecule has 0 aliphatic heterocycles. The summed E-state index contributed by atoms with van der Waals surface area (Å²) >= 11 is 9.41. The van der Waals surface area contributed by atoms with E-state index in [1.54, 1.807) is 12.1 Å². The Morgan fingerprint density at radius 1 is 1.14 bits per heavy atom. The molecule has 0 saturated heterocycles. The van der Waals surface area contributed by atoms with Gasteiger partial charge in [0.05, 0.1) is 5.02 Å². The number of rotatable bonds is 4. The molecule has 0 bridgehead atoms. The number of ether oxygens (including phenoxy) is 1. The number of ketones is 1. The van der Waals surface area contributed by atoms with Crippen molar-refractivity contribution in [1.29, 1.82) is 0 Å². The second-order valence-electron chi connectivity index (χ2n) is 5.06. The summed E-state index contributed by atoms with van der Waals surface area (Å²) in [4.78, 5) is 12.4. The molecule has 2 nitrogen and oxygen atoms in total. The predicted molar refractivity (Wildman–Crippen MR) is 89.6 cm³/mol. The normalized spacial score (nSPS) is 10.5. The van der Waals surface area contributed by atoms with Crippen molar-refractivity contribution in [2.24, 2.45) is 0 Å². The van der Waals surface area contributed by atoms with E-state index in [0.29, 0.717) is 10.8 Å². The number of hydrogen-bond acceptors (Lipinski definition) is 2. The van der Waals surface area contributed by atoms with E-state index < -0.39 is 0 Å². The number of Topliss-reactive ketones (excluding diaryl/α,β-unsaturated/α-hetero) is 1. The van der Waals surface area contributed by atoms with Gasteiger partial charge in [0.25, 0.3) is 0 Å². The number of aryl methyl sites for hydroxylation is 3. The Bertz CT molecular complexity index is 672. The molecule has 2 rings (SSSR count). The molecule has 2 aromatic carbocycles. The average Bonchev–Trinajstić information content (AvgIpc) is 2.36. The summed E-state index contributed by atoms with van der Waals surface area (Å²) in [5.74, 6) is 0.472. The fourth-order valence-corrected chi connectivity index (χ4v) is 3.16. The lowest BCUT2D eigenvalue weighted by molar-refractivity contribution is 0.0920. The number of benzene rings is 2. The largest absolute Gasteiger partial charge is 0.484 e. The lowest BCUT2D eigenvalue weighted by Gasteiger charge is -2.12. The summed E-state index contributed by atoms with van der Waals surface area (Å²) in [6.45, 7) is 5.89. The Labute approximate surface area is 138 Å². The minimum absolute atomic E-state index is 0.0217. The topological polar surface area (TPSA) is 26.3 Å². The summed E-state index contributed by atoms with van der Waals surface area (Å²) < 4.78 is 6.42. The maximum atomic E-state index is 12.4. The fraction of sp³-hybridized carbons (Fsp3) is 0.235. The smallest absolute Gasteiger partial charge is 0.200 e. The first kappa shape index (κ1) is 16.1. The molecule has 0 aliphatic carbocycles. The van der Waals surface area contributed by atoms with E-state index in [0.717, 1.165) is 26.7 Å². The van der Waals surface area contributed by atoms with Crippen LogP contribution < -0.4 is 4.74 Å². The molecule has 110 valence electrons. The van der Waals surface area contributed by atoms with E-state index in [2.05, 4.69) is 15.9 Å². The first-order chi connectivity index (χ1) is 9.88. The van der Waals surface area contributed by atoms with Gasteiger partial charge in [-0.25, -0.2) is 0 Å². The molecule has 2 aromatic rings. The van der Waals surface area contributed by atoms with Crippen LogP contribution in [0.1, 0.15) is 27.0 Å². The number of hydrogen-bond donors (Lipinski definition) is 0. The van der Waals surface area contributed by atoms with Gasteiger partial charge in [-0.3, -0.25) is 4.79 Å². The van der Waals surface area contributed by atoms with E-state index in [1.807, 2.05) is 39.0 Å². The minimum Gasteiger partial charge on any atom is -0.484 e. The molecule has 0 N–H and O–H groups in total. The molecular weight excluding hydrogens is 352 g/mol. The fourth-order valence-electron chi connectivity index (χ4n) is 2.43. The lowest BCUT2D eigenvalue weighted by Crippen LogP contribution is -2.14. The summed E-state index contributed by atoms with van der Waals surface area (Å²) in [6.07, 6.45) is 0.